The molecule has 21 heavy (non-hydrogen) atoms. The average Bonchev–Trinajstić information content (AvgIpc) is 3.19. The van der Waals surface area contributed by atoms with E-state index in [9.17, 15) is 4.79 Å². The number of nitrogens with zero attached hydrogens (tertiary/aromatic N) is 1. The van der Waals surface area contributed by atoms with E-state index in [4.69, 9.17) is 9.25 Å². The molecular weight excluding hydrogens is 288 g/mol. The summed E-state index contributed by atoms with van der Waals surface area (Å²) in [5.74, 6) is 0.268. The van der Waals surface area contributed by atoms with Gasteiger partial charge in [-0.15, -0.1) is 11.3 Å². The Morgan fingerprint density at radius 3 is 2.86 bits per heavy atom. The quantitative estimate of drug-likeness (QED) is 0.735. The monoisotopic (exact) mass is 300 g/mol. The zero-order chi connectivity index (χ0) is 14.5. The molecule has 0 atom stereocenters. The molecule has 1 aromatic carbocycles. The van der Waals surface area contributed by atoms with Gasteiger partial charge in [0.15, 0.2) is 10.8 Å². The molecule has 5 nitrogen and oxygen atoms in total. The molecule has 0 fully saturated rings. The number of benzene rings is 1. The van der Waals surface area contributed by atoms with Crippen LogP contribution < -0.4 is 5.48 Å². The minimum absolute atomic E-state index is 0.305. The van der Waals surface area contributed by atoms with Gasteiger partial charge in [-0.1, -0.05) is 30.3 Å². The molecule has 0 aliphatic rings. The van der Waals surface area contributed by atoms with Crippen molar-refractivity contribution in [2.24, 2.45) is 0 Å². The lowest BCUT2D eigenvalue weighted by atomic mass is 10.2. The highest BCUT2D eigenvalue weighted by Gasteiger charge is 2.13. The molecule has 0 spiro atoms. The van der Waals surface area contributed by atoms with Crippen LogP contribution in [0.5, 0.6) is 0 Å². The summed E-state index contributed by atoms with van der Waals surface area (Å²) in [7, 11) is 0. The first-order valence-corrected chi connectivity index (χ1v) is 7.16. The van der Waals surface area contributed by atoms with E-state index in [1.54, 1.807) is 23.8 Å². The number of carbonyl (C=O) groups is 1. The summed E-state index contributed by atoms with van der Waals surface area (Å²) in [6.07, 6.45) is 1.57. The molecule has 1 N–H and O–H groups in total. The number of thiazole rings is 1. The first-order valence-electron chi connectivity index (χ1n) is 6.28. The van der Waals surface area contributed by atoms with Gasteiger partial charge in [-0.05, 0) is 17.7 Å². The number of hydrogen-bond donors (Lipinski definition) is 1. The molecule has 0 unspecified atom stereocenters. The van der Waals surface area contributed by atoms with Crippen LogP contribution in [0.2, 0.25) is 0 Å². The molecule has 3 rings (SSSR count). The molecule has 106 valence electrons. The number of amides is 1. The van der Waals surface area contributed by atoms with Crippen molar-refractivity contribution in [2.45, 2.75) is 6.61 Å². The molecule has 0 saturated heterocycles. The van der Waals surface area contributed by atoms with Gasteiger partial charge in [0.2, 0.25) is 0 Å². The van der Waals surface area contributed by atoms with E-state index in [1.807, 2.05) is 30.3 Å². The Morgan fingerprint density at radius 1 is 1.24 bits per heavy atom. The van der Waals surface area contributed by atoms with Crippen LogP contribution >= 0.6 is 11.3 Å². The van der Waals surface area contributed by atoms with Crippen LogP contribution in [0.3, 0.4) is 0 Å². The van der Waals surface area contributed by atoms with E-state index in [2.05, 4.69) is 10.5 Å². The largest absolute Gasteiger partial charge is 0.462 e. The lowest BCUT2D eigenvalue weighted by Gasteiger charge is -2.04. The second kappa shape index (κ2) is 6.34. The van der Waals surface area contributed by atoms with Crippen LogP contribution in [0, 0.1) is 0 Å². The third-order valence-electron chi connectivity index (χ3n) is 2.72. The van der Waals surface area contributed by atoms with Gasteiger partial charge in [-0.25, -0.2) is 10.5 Å². The standard InChI is InChI=1S/C15H12N2O3S/c18-14(17-20-9-11-5-2-1-3-6-11)12-10-21-15(16-12)13-7-4-8-19-13/h1-8,10H,9H2,(H,17,18). The fraction of sp³-hybridized carbons (Fsp3) is 0.0667. The molecule has 2 heterocycles. The van der Waals surface area contributed by atoms with Gasteiger partial charge in [0, 0.05) is 5.38 Å². The van der Waals surface area contributed by atoms with Crippen molar-refractivity contribution in [1.29, 1.82) is 0 Å². The predicted molar refractivity (Wildman–Crippen MR) is 78.5 cm³/mol. The SMILES string of the molecule is O=C(NOCc1ccccc1)c1csc(-c2ccco2)n1. The maximum absolute atomic E-state index is 11.9. The summed E-state index contributed by atoms with van der Waals surface area (Å²) in [6, 6.07) is 13.2. The summed E-state index contributed by atoms with van der Waals surface area (Å²) in [6.45, 7) is 0.307. The third kappa shape index (κ3) is 3.36. The highest BCUT2D eigenvalue weighted by Crippen LogP contribution is 2.23. The van der Waals surface area contributed by atoms with Crippen molar-refractivity contribution in [1.82, 2.24) is 10.5 Å². The normalized spacial score (nSPS) is 10.5. The van der Waals surface area contributed by atoms with Crippen LogP contribution in [-0.4, -0.2) is 10.9 Å². The fourth-order valence-corrected chi connectivity index (χ4v) is 2.47. The van der Waals surface area contributed by atoms with Crippen LogP contribution in [0.25, 0.3) is 10.8 Å². The molecule has 6 heteroatoms. The molecule has 1 amide bonds. The number of hydroxylamine groups is 1. The Hall–Kier alpha value is -2.44. The van der Waals surface area contributed by atoms with Gasteiger partial charge in [-0.2, -0.15) is 0 Å². The minimum atomic E-state index is -0.375. The lowest BCUT2D eigenvalue weighted by molar-refractivity contribution is 0.0230. The number of rotatable bonds is 5. The van der Waals surface area contributed by atoms with Gasteiger partial charge in [0.05, 0.1) is 12.9 Å². The molecule has 0 saturated carbocycles. The first-order chi connectivity index (χ1) is 10.3. The van der Waals surface area contributed by atoms with Crippen molar-refractivity contribution < 1.29 is 14.0 Å². The van der Waals surface area contributed by atoms with Gasteiger partial charge in [-0.3, -0.25) is 9.63 Å². The van der Waals surface area contributed by atoms with E-state index in [0.717, 1.165) is 5.56 Å². The highest BCUT2D eigenvalue weighted by atomic mass is 32.1. The topological polar surface area (TPSA) is 64.4 Å². The highest BCUT2D eigenvalue weighted by molar-refractivity contribution is 7.13. The van der Waals surface area contributed by atoms with Crippen LogP contribution in [-0.2, 0) is 11.4 Å². The van der Waals surface area contributed by atoms with Gasteiger partial charge in [0.1, 0.15) is 5.69 Å². The lowest BCUT2D eigenvalue weighted by Crippen LogP contribution is -2.23. The molecule has 0 aliphatic carbocycles. The van der Waals surface area contributed by atoms with Gasteiger partial charge >= 0.3 is 0 Å². The van der Waals surface area contributed by atoms with Crippen LogP contribution in [0.4, 0.5) is 0 Å². The number of hydrogen-bond acceptors (Lipinski definition) is 5. The summed E-state index contributed by atoms with van der Waals surface area (Å²) >= 11 is 1.34. The summed E-state index contributed by atoms with van der Waals surface area (Å²) < 4.78 is 5.24. The fourth-order valence-electron chi connectivity index (χ4n) is 1.70. The number of aromatic nitrogens is 1. The van der Waals surface area contributed by atoms with Crippen LogP contribution in [0.15, 0.2) is 58.5 Å². The van der Waals surface area contributed by atoms with Gasteiger partial charge in [0.25, 0.3) is 5.91 Å². The predicted octanol–water partition coefficient (Wildman–Crippen LogP) is 3.26. The van der Waals surface area contributed by atoms with Crippen molar-refractivity contribution in [3.63, 3.8) is 0 Å². The van der Waals surface area contributed by atoms with Crippen molar-refractivity contribution in [3.8, 4) is 10.8 Å². The Morgan fingerprint density at radius 2 is 2.10 bits per heavy atom. The van der Waals surface area contributed by atoms with Crippen LogP contribution in [0.1, 0.15) is 16.1 Å². The molecule has 2 aromatic heterocycles. The maximum Gasteiger partial charge on any atom is 0.294 e. The summed E-state index contributed by atoms with van der Waals surface area (Å²) in [5, 5.41) is 2.33. The summed E-state index contributed by atoms with van der Waals surface area (Å²) in [4.78, 5) is 21.3. The van der Waals surface area contributed by atoms with Crippen molar-refractivity contribution in [3.05, 3.63) is 65.4 Å². The van der Waals surface area contributed by atoms with E-state index < -0.39 is 0 Å². The molecule has 0 aliphatic heterocycles. The average molecular weight is 300 g/mol. The molecule has 3 aromatic rings. The zero-order valence-corrected chi connectivity index (χ0v) is 11.8. The smallest absolute Gasteiger partial charge is 0.294 e. The Bertz CT molecular complexity index is 708. The summed E-state index contributed by atoms with van der Waals surface area (Å²) in [5.41, 5.74) is 3.66. The maximum atomic E-state index is 11.9. The van der Waals surface area contributed by atoms with E-state index in [0.29, 0.717) is 23.1 Å². The van der Waals surface area contributed by atoms with E-state index in [-0.39, 0.29) is 5.91 Å². The van der Waals surface area contributed by atoms with Gasteiger partial charge < -0.3 is 4.42 Å². The second-order valence-electron chi connectivity index (χ2n) is 4.22. The Labute approximate surface area is 125 Å². The van der Waals surface area contributed by atoms with E-state index >= 15 is 0 Å². The van der Waals surface area contributed by atoms with Crippen molar-refractivity contribution >= 4 is 17.2 Å². The Kier molecular flexibility index (Phi) is 4.09. The number of carbonyl (C=O) groups excluding carboxylic acids is 1. The first kappa shape index (κ1) is 13.5. The minimum Gasteiger partial charge on any atom is -0.462 e. The third-order valence-corrected chi connectivity index (χ3v) is 3.57. The molecular formula is C15H12N2O3S. The second-order valence-corrected chi connectivity index (χ2v) is 5.08. The molecule has 0 bridgehead atoms. The van der Waals surface area contributed by atoms with Crippen molar-refractivity contribution in [2.75, 3.05) is 0 Å². The Balaban J connectivity index is 1.56. The zero-order valence-electron chi connectivity index (χ0n) is 11.0. The number of furan rings is 1. The molecule has 0 radical (unpaired) electrons. The van der Waals surface area contributed by atoms with E-state index in [1.165, 1.54) is 11.3 Å². The number of nitrogens with one attached hydrogen (secondary N) is 1.